The Balaban J connectivity index is -0.000000167. The zero-order valence-electron chi connectivity index (χ0n) is 18.9. The molecule has 1 rings (SSSR count). The van der Waals surface area contributed by atoms with Crippen LogP contribution >= 0.6 is 0 Å². The maximum Gasteiger partial charge on any atom is 0.323 e. The van der Waals surface area contributed by atoms with Gasteiger partial charge >= 0.3 is 29.8 Å². The molecule has 0 aliphatic carbocycles. The second-order valence-corrected chi connectivity index (χ2v) is 6.44. The number of carbonyl (C=O) groups is 5. The molecule has 1 aliphatic heterocycles. The Hall–Kier alpha value is -2.93. The van der Waals surface area contributed by atoms with Crippen LogP contribution in [0.1, 0.15) is 26.7 Å². The monoisotopic (exact) mass is 503 g/mol. The third-order valence-electron chi connectivity index (χ3n) is 3.24. The van der Waals surface area contributed by atoms with Crippen molar-refractivity contribution in [1.82, 2.24) is 5.32 Å². The number of hydrogen-bond donors (Lipinski definition) is 12. The normalized spacial score (nSPS) is 17.0. The minimum atomic E-state index is -1.18. The van der Waals surface area contributed by atoms with Gasteiger partial charge in [0.2, 0.25) is 0 Å². The predicted molar refractivity (Wildman–Crippen MR) is 117 cm³/mol. The van der Waals surface area contributed by atoms with Crippen molar-refractivity contribution >= 4 is 29.8 Å². The molecule has 0 spiro atoms. The average molecular weight is 504 g/mol. The fraction of sp³-hybridized carbons (Fsp3) is 0.706. The summed E-state index contributed by atoms with van der Waals surface area (Å²) < 4.78 is 0. The van der Waals surface area contributed by atoms with E-state index in [-0.39, 0.29) is 12.6 Å². The van der Waals surface area contributed by atoms with E-state index in [1.165, 1.54) is 13.8 Å². The summed E-state index contributed by atoms with van der Waals surface area (Å²) in [5.74, 6) is -5.01. The molecule has 1 heterocycles. The highest BCUT2D eigenvalue weighted by Gasteiger charge is 2.20. The summed E-state index contributed by atoms with van der Waals surface area (Å²) in [6.45, 7) is 2.83. The molecule has 0 aromatic heterocycles. The van der Waals surface area contributed by atoms with Crippen molar-refractivity contribution in [1.29, 1.82) is 0 Å². The van der Waals surface area contributed by atoms with Crippen LogP contribution in [-0.2, 0) is 24.0 Å². The van der Waals surface area contributed by atoms with Crippen molar-refractivity contribution in [3.05, 3.63) is 0 Å². The smallest absolute Gasteiger partial charge is 0.323 e. The van der Waals surface area contributed by atoms with Crippen LogP contribution in [-0.4, -0.2) is 116 Å². The van der Waals surface area contributed by atoms with Gasteiger partial charge in [-0.1, -0.05) is 0 Å². The van der Waals surface area contributed by atoms with Crippen LogP contribution in [0.3, 0.4) is 0 Å². The lowest BCUT2D eigenvalue weighted by Gasteiger charge is -2.06. The Labute approximate surface area is 195 Å². The number of carboxylic acid groups (broad SMARTS) is 5. The van der Waals surface area contributed by atoms with Crippen molar-refractivity contribution in [2.45, 2.75) is 57.0 Å². The summed E-state index contributed by atoms with van der Waals surface area (Å²) in [5, 5.41) is 59.1. The number of aliphatic carboxylic acids is 5. The van der Waals surface area contributed by atoms with E-state index in [2.05, 4.69) is 11.1 Å². The molecule has 0 bridgehead atoms. The summed E-state index contributed by atoms with van der Waals surface area (Å²) >= 11 is 0. The standard InChI is InChI=1S/C5H9NO2.C4H9NO3.C3H7NO3.C3H7NO2.C2H5NO2/c7-5(8)4-2-1-3-6-4;1-2(6)3(5)4(7)8;4-2(1-5)3(6)7;1-2(4)3(5)6;3-1-2(4)5/h4,6H,1-3H2,(H,7,8);2-3,6H,5H2,1H3,(H,7,8);2,5H,1,4H2,(H,6,7);2H,4H2,1H3,(H,5,6);1,3H2,(H,4,5)/t4-;2-,3+;2*2-;/m0100./s1. The maximum absolute atomic E-state index is 10.1. The molecule has 0 saturated carbocycles. The van der Waals surface area contributed by atoms with Crippen LogP contribution < -0.4 is 28.3 Å². The molecule has 0 unspecified atom stereocenters. The second-order valence-electron chi connectivity index (χ2n) is 6.44. The Morgan fingerprint density at radius 1 is 0.912 bits per heavy atom. The van der Waals surface area contributed by atoms with Crippen LogP contribution in [0.15, 0.2) is 0 Å². The van der Waals surface area contributed by atoms with E-state index in [4.69, 9.17) is 52.9 Å². The average Bonchev–Trinajstić information content (AvgIpc) is 3.29. The number of nitrogens with two attached hydrogens (primary N) is 4. The van der Waals surface area contributed by atoms with Crippen molar-refractivity contribution in [2.24, 2.45) is 22.9 Å². The molecule has 5 atom stereocenters. The number of aliphatic hydroxyl groups is 2. The Bertz CT molecular complexity index is 585. The van der Waals surface area contributed by atoms with Gasteiger partial charge in [-0.05, 0) is 33.2 Å². The van der Waals surface area contributed by atoms with Gasteiger partial charge < -0.3 is 64.0 Å². The van der Waals surface area contributed by atoms with Crippen LogP contribution in [0.25, 0.3) is 0 Å². The van der Waals surface area contributed by atoms with Crippen LogP contribution in [0.5, 0.6) is 0 Å². The van der Waals surface area contributed by atoms with Gasteiger partial charge in [-0.2, -0.15) is 0 Å². The third-order valence-corrected chi connectivity index (χ3v) is 3.24. The molecular formula is C17H37N5O12. The first-order valence-corrected chi connectivity index (χ1v) is 9.58. The molecule has 1 saturated heterocycles. The zero-order chi connectivity index (χ0) is 28.0. The Morgan fingerprint density at radius 2 is 1.32 bits per heavy atom. The number of nitrogens with one attached hydrogen (secondary N) is 1. The van der Waals surface area contributed by atoms with Gasteiger partial charge in [-0.25, -0.2) is 0 Å². The Kier molecular flexibility index (Phi) is 26.2. The number of hydrogen-bond acceptors (Lipinski definition) is 12. The van der Waals surface area contributed by atoms with Gasteiger partial charge in [-0.3, -0.25) is 24.0 Å². The minimum absolute atomic E-state index is 0.269. The topological polar surface area (TPSA) is 343 Å². The first kappa shape index (κ1) is 38.3. The Morgan fingerprint density at radius 3 is 1.38 bits per heavy atom. The van der Waals surface area contributed by atoms with E-state index in [1.807, 2.05) is 0 Å². The van der Waals surface area contributed by atoms with E-state index in [0.29, 0.717) is 0 Å². The number of rotatable bonds is 7. The van der Waals surface area contributed by atoms with E-state index in [9.17, 15) is 24.0 Å². The summed E-state index contributed by atoms with van der Waals surface area (Å²) in [6.07, 6.45) is 0.805. The van der Waals surface area contributed by atoms with Crippen LogP contribution in [0.4, 0.5) is 0 Å². The van der Waals surface area contributed by atoms with Gasteiger partial charge in [0.15, 0.2) is 0 Å². The van der Waals surface area contributed by atoms with E-state index in [0.717, 1.165) is 19.4 Å². The number of aliphatic hydroxyl groups excluding tert-OH is 2. The molecule has 34 heavy (non-hydrogen) atoms. The lowest BCUT2D eigenvalue weighted by molar-refractivity contribution is -0.141. The van der Waals surface area contributed by atoms with Crippen molar-refractivity contribution in [2.75, 3.05) is 19.7 Å². The molecule has 0 aromatic carbocycles. The molecule has 0 radical (unpaired) electrons. The SMILES string of the molecule is C[C@@H](O)[C@H](N)C(=O)O.C[C@H](N)C(=O)O.NCC(=O)O.N[C@@H](CO)C(=O)O.O=C(O)[C@@H]1CCCN1. The molecule has 1 fully saturated rings. The number of carboxylic acids is 5. The fourth-order valence-electron chi connectivity index (χ4n) is 1.18. The second kappa shape index (κ2) is 23.2. The highest BCUT2D eigenvalue weighted by atomic mass is 16.4. The molecule has 1 aliphatic rings. The lowest BCUT2D eigenvalue weighted by atomic mass is 10.2. The molecule has 17 heteroatoms. The van der Waals surface area contributed by atoms with Gasteiger partial charge in [0, 0.05) is 0 Å². The quantitative estimate of drug-likeness (QED) is 0.155. The highest BCUT2D eigenvalue weighted by molar-refractivity contribution is 5.74. The van der Waals surface area contributed by atoms with Gasteiger partial charge in [0.1, 0.15) is 24.2 Å². The van der Waals surface area contributed by atoms with E-state index >= 15 is 0 Å². The van der Waals surface area contributed by atoms with E-state index in [1.54, 1.807) is 0 Å². The summed E-state index contributed by atoms with van der Waals surface area (Å²) in [5.41, 5.74) is 19.1. The maximum atomic E-state index is 10.1. The summed E-state index contributed by atoms with van der Waals surface area (Å²) in [4.78, 5) is 48.5. The summed E-state index contributed by atoms with van der Waals surface area (Å²) in [7, 11) is 0. The summed E-state index contributed by atoms with van der Waals surface area (Å²) in [6, 6.07) is -3.28. The van der Waals surface area contributed by atoms with Crippen molar-refractivity contribution in [3.63, 3.8) is 0 Å². The predicted octanol–water partition coefficient (Wildman–Crippen LogP) is -4.56. The first-order valence-electron chi connectivity index (χ1n) is 9.58. The van der Waals surface area contributed by atoms with Gasteiger partial charge in [-0.15, -0.1) is 0 Å². The molecule has 0 aromatic rings. The van der Waals surface area contributed by atoms with Gasteiger partial charge in [0.05, 0.1) is 19.3 Å². The van der Waals surface area contributed by atoms with Crippen LogP contribution in [0, 0.1) is 0 Å². The lowest BCUT2D eigenvalue weighted by Crippen LogP contribution is -2.39. The minimum Gasteiger partial charge on any atom is -0.480 e. The third kappa shape index (κ3) is 29.1. The molecular weight excluding hydrogens is 466 g/mol. The van der Waals surface area contributed by atoms with Crippen molar-refractivity contribution in [3.8, 4) is 0 Å². The molecule has 16 N–H and O–H groups in total. The van der Waals surface area contributed by atoms with Crippen molar-refractivity contribution < 1.29 is 59.7 Å². The molecule has 17 nitrogen and oxygen atoms in total. The fourth-order valence-corrected chi connectivity index (χ4v) is 1.18. The molecule has 0 amide bonds. The van der Waals surface area contributed by atoms with Crippen LogP contribution in [0.2, 0.25) is 0 Å². The highest BCUT2D eigenvalue weighted by Crippen LogP contribution is 2.03. The first-order chi connectivity index (χ1) is 15.5. The van der Waals surface area contributed by atoms with E-state index < -0.39 is 60.7 Å². The largest absolute Gasteiger partial charge is 0.480 e. The van der Waals surface area contributed by atoms with Gasteiger partial charge in [0.25, 0.3) is 0 Å². The molecule has 202 valence electrons. The zero-order valence-corrected chi connectivity index (χ0v) is 18.9.